The number of barbiturate groups is 1. The molecule has 4 amide bonds. The lowest BCUT2D eigenvalue weighted by Crippen LogP contribution is -2.57. The molecule has 1 saturated heterocycles. The fourth-order valence-corrected chi connectivity index (χ4v) is 4.83. The summed E-state index contributed by atoms with van der Waals surface area (Å²) in [6.07, 6.45) is 1.58. The van der Waals surface area contributed by atoms with Gasteiger partial charge >= 0.3 is 6.03 Å². The Morgan fingerprint density at radius 3 is 1.72 bits per heavy atom. The third kappa shape index (κ3) is 4.07. The minimum atomic E-state index is -0.709. The Balaban J connectivity index is 1.66. The molecule has 1 aliphatic heterocycles. The molecule has 0 spiro atoms. The van der Waals surface area contributed by atoms with Gasteiger partial charge in [0.1, 0.15) is 5.57 Å². The predicted molar refractivity (Wildman–Crippen MR) is 144 cm³/mol. The molecular weight excluding hydrogens is 518 g/mol. The number of carbonyl (C=O) groups excluding carboxylic acids is 3. The Morgan fingerprint density at radius 1 is 0.667 bits per heavy atom. The van der Waals surface area contributed by atoms with Crippen molar-refractivity contribution in [3.8, 4) is 5.69 Å². The molecule has 6 nitrogen and oxygen atoms in total. The van der Waals surface area contributed by atoms with Gasteiger partial charge in [0, 0.05) is 21.5 Å². The maximum Gasteiger partial charge on any atom is 0.343 e. The molecule has 7 heteroatoms. The van der Waals surface area contributed by atoms with Crippen LogP contribution >= 0.6 is 15.9 Å². The summed E-state index contributed by atoms with van der Waals surface area (Å²) in [4.78, 5) is 42.8. The van der Waals surface area contributed by atoms with Gasteiger partial charge in [0.25, 0.3) is 11.8 Å². The van der Waals surface area contributed by atoms with Gasteiger partial charge in [-0.25, -0.2) is 14.6 Å². The number of carbonyl (C=O) groups is 3. The molecule has 0 N–H and O–H groups in total. The summed E-state index contributed by atoms with van der Waals surface area (Å²) in [5.41, 5.74) is 4.20. The SMILES string of the molecule is Cc1cc(C=C2C(=O)N(c3ccccc3)C(=O)N(c3ccccc3)C2=O)c(C)n1-c1cccc(Br)c1. The van der Waals surface area contributed by atoms with Crippen molar-refractivity contribution in [2.45, 2.75) is 13.8 Å². The number of urea groups is 1. The van der Waals surface area contributed by atoms with Crippen molar-refractivity contribution in [2.24, 2.45) is 0 Å². The van der Waals surface area contributed by atoms with Crippen LogP contribution in [-0.4, -0.2) is 22.4 Å². The maximum absolute atomic E-state index is 13.6. The molecule has 5 rings (SSSR count). The molecule has 0 atom stereocenters. The number of aromatic nitrogens is 1. The van der Waals surface area contributed by atoms with E-state index in [-0.39, 0.29) is 5.57 Å². The smallest absolute Gasteiger partial charge is 0.318 e. The number of amides is 4. The zero-order valence-corrected chi connectivity index (χ0v) is 21.3. The molecule has 0 saturated carbocycles. The Hall–Kier alpha value is -4.23. The third-order valence-electron chi connectivity index (χ3n) is 6.11. The van der Waals surface area contributed by atoms with Crippen LogP contribution < -0.4 is 9.80 Å². The van der Waals surface area contributed by atoms with Crippen molar-refractivity contribution in [1.82, 2.24) is 4.57 Å². The molecule has 0 unspecified atom stereocenters. The molecule has 2 heterocycles. The van der Waals surface area contributed by atoms with Crippen LogP contribution in [0, 0.1) is 13.8 Å². The summed E-state index contributed by atoms with van der Waals surface area (Å²) in [5, 5.41) is 0. The van der Waals surface area contributed by atoms with Crippen LogP contribution in [0.3, 0.4) is 0 Å². The van der Waals surface area contributed by atoms with Crippen LogP contribution in [0.1, 0.15) is 17.0 Å². The Kier molecular flexibility index (Phi) is 6.16. The first kappa shape index (κ1) is 23.5. The second-order valence-corrected chi connectivity index (χ2v) is 9.35. The average Bonchev–Trinajstić information content (AvgIpc) is 3.15. The number of hydrogen-bond acceptors (Lipinski definition) is 3. The van der Waals surface area contributed by atoms with Crippen molar-refractivity contribution in [3.63, 3.8) is 0 Å². The van der Waals surface area contributed by atoms with Crippen LogP contribution in [0.2, 0.25) is 0 Å². The van der Waals surface area contributed by atoms with E-state index >= 15 is 0 Å². The number of imide groups is 2. The second-order valence-electron chi connectivity index (χ2n) is 8.43. The van der Waals surface area contributed by atoms with Gasteiger partial charge < -0.3 is 4.57 Å². The topological polar surface area (TPSA) is 62.6 Å². The molecular formula is C29H22BrN3O3. The Morgan fingerprint density at radius 2 is 1.19 bits per heavy atom. The zero-order chi connectivity index (χ0) is 25.4. The van der Waals surface area contributed by atoms with Crippen molar-refractivity contribution in [2.75, 3.05) is 9.80 Å². The fourth-order valence-electron chi connectivity index (χ4n) is 4.44. The molecule has 1 aromatic heterocycles. The van der Waals surface area contributed by atoms with E-state index in [0.29, 0.717) is 11.4 Å². The van der Waals surface area contributed by atoms with E-state index in [2.05, 4.69) is 20.5 Å². The van der Waals surface area contributed by atoms with E-state index in [9.17, 15) is 14.4 Å². The second kappa shape index (κ2) is 9.43. The van der Waals surface area contributed by atoms with E-state index < -0.39 is 17.8 Å². The first-order valence-electron chi connectivity index (χ1n) is 11.4. The number of aryl methyl sites for hydroxylation is 1. The van der Waals surface area contributed by atoms with Gasteiger partial charge in [-0.05, 0) is 74.0 Å². The minimum Gasteiger partial charge on any atom is -0.318 e. The predicted octanol–water partition coefficient (Wildman–Crippen LogP) is 6.44. The van der Waals surface area contributed by atoms with E-state index in [0.717, 1.165) is 36.9 Å². The highest BCUT2D eigenvalue weighted by Crippen LogP contribution is 2.31. The van der Waals surface area contributed by atoms with E-state index in [1.54, 1.807) is 66.7 Å². The standard InChI is InChI=1S/C29H22BrN3O3/c1-19-16-21(20(2)31(19)25-15-9-10-22(30)18-25)17-26-27(34)32(23-11-5-3-6-12-23)29(36)33(28(26)35)24-13-7-4-8-14-24/h3-18H,1-2H3. The zero-order valence-electron chi connectivity index (χ0n) is 19.7. The summed E-state index contributed by atoms with van der Waals surface area (Å²) < 4.78 is 3.00. The summed E-state index contributed by atoms with van der Waals surface area (Å²) in [7, 11) is 0. The molecule has 0 radical (unpaired) electrons. The summed E-state index contributed by atoms with van der Waals surface area (Å²) >= 11 is 3.52. The van der Waals surface area contributed by atoms with Crippen molar-refractivity contribution in [3.05, 3.63) is 118 Å². The normalized spacial score (nSPS) is 14.0. The number of nitrogens with zero attached hydrogens (tertiary/aromatic N) is 3. The van der Waals surface area contributed by atoms with Crippen LogP contribution in [-0.2, 0) is 9.59 Å². The molecule has 4 aromatic rings. The molecule has 36 heavy (non-hydrogen) atoms. The van der Waals surface area contributed by atoms with E-state index in [1.807, 2.05) is 44.2 Å². The van der Waals surface area contributed by atoms with Gasteiger partial charge in [0.05, 0.1) is 11.4 Å². The van der Waals surface area contributed by atoms with E-state index in [1.165, 1.54) is 0 Å². The number of rotatable bonds is 4. The summed E-state index contributed by atoms with van der Waals surface area (Å²) in [5.74, 6) is -1.31. The van der Waals surface area contributed by atoms with Gasteiger partial charge in [-0.1, -0.05) is 58.4 Å². The van der Waals surface area contributed by atoms with Gasteiger partial charge in [-0.2, -0.15) is 0 Å². The molecule has 0 bridgehead atoms. The van der Waals surface area contributed by atoms with Crippen molar-refractivity contribution in [1.29, 1.82) is 0 Å². The number of benzene rings is 3. The van der Waals surface area contributed by atoms with Crippen LogP contribution in [0.5, 0.6) is 0 Å². The molecule has 178 valence electrons. The number of anilines is 2. The monoisotopic (exact) mass is 539 g/mol. The first-order valence-corrected chi connectivity index (χ1v) is 12.2. The lowest BCUT2D eigenvalue weighted by atomic mass is 10.0. The van der Waals surface area contributed by atoms with E-state index in [4.69, 9.17) is 0 Å². The number of para-hydroxylation sites is 2. The van der Waals surface area contributed by atoms with Crippen LogP contribution in [0.25, 0.3) is 11.8 Å². The number of hydrogen-bond donors (Lipinski definition) is 0. The highest BCUT2D eigenvalue weighted by Gasteiger charge is 2.43. The van der Waals surface area contributed by atoms with Crippen LogP contribution in [0.15, 0.2) is 101 Å². The Bertz CT molecular complexity index is 1460. The largest absolute Gasteiger partial charge is 0.343 e. The Labute approximate surface area is 217 Å². The van der Waals surface area contributed by atoms with Crippen molar-refractivity contribution >= 4 is 51.2 Å². The lowest BCUT2D eigenvalue weighted by Gasteiger charge is -2.33. The minimum absolute atomic E-state index is 0.0863. The van der Waals surface area contributed by atoms with Gasteiger partial charge in [-0.15, -0.1) is 0 Å². The number of halogens is 1. The maximum atomic E-state index is 13.6. The quantitative estimate of drug-likeness (QED) is 0.221. The highest BCUT2D eigenvalue weighted by molar-refractivity contribution is 9.10. The fraction of sp³-hybridized carbons (Fsp3) is 0.0690. The molecule has 3 aromatic carbocycles. The average molecular weight is 540 g/mol. The highest BCUT2D eigenvalue weighted by atomic mass is 79.9. The lowest BCUT2D eigenvalue weighted by molar-refractivity contribution is -0.121. The van der Waals surface area contributed by atoms with Gasteiger partial charge in [-0.3, -0.25) is 9.59 Å². The first-order chi connectivity index (χ1) is 17.4. The van der Waals surface area contributed by atoms with Gasteiger partial charge in [0.2, 0.25) is 0 Å². The molecule has 0 aliphatic carbocycles. The van der Waals surface area contributed by atoms with Gasteiger partial charge in [0.15, 0.2) is 0 Å². The van der Waals surface area contributed by atoms with Crippen molar-refractivity contribution < 1.29 is 14.4 Å². The molecule has 1 aliphatic rings. The third-order valence-corrected chi connectivity index (χ3v) is 6.61. The summed E-state index contributed by atoms with van der Waals surface area (Å²) in [6, 6.07) is 26.4. The summed E-state index contributed by atoms with van der Waals surface area (Å²) in [6.45, 7) is 3.91. The molecule has 1 fully saturated rings. The van der Waals surface area contributed by atoms with Crippen LogP contribution in [0.4, 0.5) is 16.2 Å².